The van der Waals surface area contributed by atoms with Crippen molar-refractivity contribution in [2.75, 3.05) is 25.6 Å². The molecule has 172 valence electrons. The monoisotopic (exact) mass is 517 g/mol. The first-order chi connectivity index (χ1) is 15.7. The third-order valence-corrected chi connectivity index (χ3v) is 5.22. The first-order valence-electron chi connectivity index (χ1n) is 9.61. The molecular formula is C22H20BrN3O7. The first-order valence-corrected chi connectivity index (χ1v) is 10.4. The van der Waals surface area contributed by atoms with E-state index in [9.17, 15) is 19.2 Å². The fourth-order valence-corrected chi connectivity index (χ4v) is 3.36. The van der Waals surface area contributed by atoms with E-state index in [1.54, 1.807) is 12.1 Å². The largest absolute Gasteiger partial charge is 0.493 e. The zero-order chi connectivity index (χ0) is 24.1. The number of rotatable bonds is 8. The van der Waals surface area contributed by atoms with Gasteiger partial charge in [-0.1, -0.05) is 33.6 Å². The van der Waals surface area contributed by atoms with Crippen LogP contribution >= 0.6 is 15.9 Å². The molecule has 0 saturated carbocycles. The maximum absolute atomic E-state index is 12.7. The van der Waals surface area contributed by atoms with Crippen molar-refractivity contribution in [2.45, 2.75) is 6.92 Å². The second-order valence-electron chi connectivity index (χ2n) is 7.00. The van der Waals surface area contributed by atoms with E-state index in [4.69, 9.17) is 14.6 Å². The summed E-state index contributed by atoms with van der Waals surface area (Å²) in [4.78, 5) is 48.9. The highest BCUT2D eigenvalue weighted by Crippen LogP contribution is 2.35. The minimum atomic E-state index is -1.15. The van der Waals surface area contributed by atoms with Gasteiger partial charge in [-0.05, 0) is 42.8 Å². The number of aryl methyl sites for hydroxylation is 1. The molecular weight excluding hydrogens is 498 g/mol. The summed E-state index contributed by atoms with van der Waals surface area (Å²) in [6.07, 6.45) is 1.41. The lowest BCUT2D eigenvalue weighted by molar-refractivity contribution is -0.139. The molecule has 0 aliphatic carbocycles. The number of nitrogens with one attached hydrogen (secondary N) is 2. The number of anilines is 1. The molecule has 10 nitrogen and oxygen atoms in total. The van der Waals surface area contributed by atoms with Gasteiger partial charge in [0.05, 0.1) is 7.11 Å². The number of carbonyl (C=O) groups is 4. The van der Waals surface area contributed by atoms with Gasteiger partial charge in [-0.2, -0.15) is 0 Å². The number of imide groups is 1. The molecule has 1 heterocycles. The maximum atomic E-state index is 12.7. The van der Waals surface area contributed by atoms with Crippen molar-refractivity contribution in [3.05, 3.63) is 57.7 Å². The molecule has 1 saturated heterocycles. The number of urea groups is 1. The Labute approximate surface area is 197 Å². The fraction of sp³-hybridized carbons (Fsp3) is 0.182. The number of nitrogens with zero attached hydrogens (tertiary/aromatic N) is 1. The Balaban J connectivity index is 1.75. The number of benzene rings is 2. The second-order valence-corrected chi connectivity index (χ2v) is 7.85. The van der Waals surface area contributed by atoms with Crippen LogP contribution in [-0.4, -0.2) is 54.1 Å². The van der Waals surface area contributed by atoms with Gasteiger partial charge in [0.25, 0.3) is 5.91 Å². The van der Waals surface area contributed by atoms with Crippen LogP contribution < -0.4 is 20.1 Å². The smallest absolute Gasteiger partial charge is 0.341 e. The van der Waals surface area contributed by atoms with Crippen molar-refractivity contribution >= 4 is 51.5 Å². The average molecular weight is 518 g/mol. The topological polar surface area (TPSA) is 134 Å². The van der Waals surface area contributed by atoms with Crippen LogP contribution in [0.1, 0.15) is 11.1 Å². The van der Waals surface area contributed by atoms with Crippen LogP contribution in [0.25, 0.3) is 6.08 Å². The highest BCUT2D eigenvalue weighted by molar-refractivity contribution is 9.10. The molecule has 1 aliphatic heterocycles. The molecule has 3 N–H and O–H groups in total. The van der Waals surface area contributed by atoms with Gasteiger partial charge in [-0.25, -0.2) is 14.5 Å². The summed E-state index contributed by atoms with van der Waals surface area (Å²) < 4.78 is 10.9. The Hall–Kier alpha value is -3.86. The number of carbonyl (C=O) groups excluding carboxylic acids is 3. The normalized spacial score (nSPS) is 14.3. The zero-order valence-electron chi connectivity index (χ0n) is 17.7. The summed E-state index contributed by atoms with van der Waals surface area (Å²) >= 11 is 3.33. The van der Waals surface area contributed by atoms with Gasteiger partial charge in [0.1, 0.15) is 12.2 Å². The van der Waals surface area contributed by atoms with E-state index in [-0.39, 0.29) is 17.2 Å². The van der Waals surface area contributed by atoms with E-state index in [1.807, 2.05) is 19.1 Å². The Kier molecular flexibility index (Phi) is 7.34. The lowest BCUT2D eigenvalue weighted by atomic mass is 10.1. The highest BCUT2D eigenvalue weighted by atomic mass is 79.9. The minimum Gasteiger partial charge on any atom is -0.493 e. The molecule has 0 spiro atoms. The Bertz CT molecular complexity index is 1150. The summed E-state index contributed by atoms with van der Waals surface area (Å²) in [6, 6.07) is 9.37. The molecule has 4 amide bonds. The molecule has 0 aromatic heterocycles. The molecule has 0 unspecified atom stereocenters. The number of ether oxygens (including phenoxy) is 2. The van der Waals surface area contributed by atoms with E-state index in [2.05, 4.69) is 26.6 Å². The minimum absolute atomic E-state index is 0.0370. The molecule has 2 aromatic rings. The Morgan fingerprint density at radius 1 is 1.18 bits per heavy atom. The van der Waals surface area contributed by atoms with E-state index in [0.717, 1.165) is 10.5 Å². The van der Waals surface area contributed by atoms with E-state index < -0.39 is 37.0 Å². The van der Waals surface area contributed by atoms with Gasteiger partial charge < -0.3 is 25.2 Å². The summed E-state index contributed by atoms with van der Waals surface area (Å²) in [6.45, 7) is 0.900. The molecule has 33 heavy (non-hydrogen) atoms. The lowest BCUT2D eigenvalue weighted by Gasteiger charge is -2.12. The predicted molar refractivity (Wildman–Crippen MR) is 122 cm³/mol. The predicted octanol–water partition coefficient (Wildman–Crippen LogP) is 2.76. The molecule has 0 radical (unpaired) electrons. The van der Waals surface area contributed by atoms with Crippen LogP contribution in [0.5, 0.6) is 11.5 Å². The molecule has 3 rings (SSSR count). The number of hydrogen-bond acceptors (Lipinski definition) is 6. The standard InChI is InChI=1S/C22H20BrN3O7/c1-12-3-5-14(6-4-12)24-19(27)10-26-21(30)16(25-22(26)31)7-13-8-17(32-2)18(9-15(13)23)33-11-20(28)29/h3-9H,10-11H2,1-2H3,(H,24,27)(H,25,31)(H,28,29)/b16-7+. The van der Waals surface area contributed by atoms with E-state index in [1.165, 1.54) is 25.3 Å². The molecule has 2 aromatic carbocycles. The second kappa shape index (κ2) is 10.2. The quantitative estimate of drug-likeness (QED) is 0.362. The lowest BCUT2D eigenvalue weighted by Crippen LogP contribution is -2.38. The number of methoxy groups -OCH3 is 1. The Morgan fingerprint density at radius 3 is 2.52 bits per heavy atom. The SMILES string of the molecule is COc1cc(/C=C2/NC(=O)N(CC(=O)Nc3ccc(C)cc3)C2=O)c(Br)cc1OCC(=O)O. The van der Waals surface area contributed by atoms with Crippen LogP contribution in [0, 0.1) is 6.92 Å². The first kappa shape index (κ1) is 23.8. The van der Waals surface area contributed by atoms with Gasteiger partial charge in [-0.3, -0.25) is 9.59 Å². The van der Waals surface area contributed by atoms with Gasteiger partial charge >= 0.3 is 12.0 Å². The van der Waals surface area contributed by atoms with Gasteiger partial charge in [-0.15, -0.1) is 0 Å². The summed E-state index contributed by atoms with van der Waals surface area (Å²) in [5.41, 5.74) is 2.00. The number of hydrogen-bond donors (Lipinski definition) is 3. The van der Waals surface area contributed by atoms with E-state index >= 15 is 0 Å². The van der Waals surface area contributed by atoms with Gasteiger partial charge in [0.15, 0.2) is 18.1 Å². The molecule has 1 fully saturated rings. The number of carboxylic acids is 1. The highest BCUT2D eigenvalue weighted by Gasteiger charge is 2.35. The van der Waals surface area contributed by atoms with Crippen molar-refractivity contribution in [2.24, 2.45) is 0 Å². The van der Waals surface area contributed by atoms with Crippen LogP contribution in [0.2, 0.25) is 0 Å². The number of carboxylic acid groups (broad SMARTS) is 1. The zero-order valence-corrected chi connectivity index (χ0v) is 19.3. The third-order valence-electron chi connectivity index (χ3n) is 4.53. The average Bonchev–Trinajstić information content (AvgIpc) is 3.02. The van der Waals surface area contributed by atoms with Gasteiger partial charge in [0.2, 0.25) is 5.91 Å². The van der Waals surface area contributed by atoms with Crippen LogP contribution in [0.3, 0.4) is 0 Å². The van der Waals surface area contributed by atoms with Gasteiger partial charge in [0, 0.05) is 10.2 Å². The summed E-state index contributed by atoms with van der Waals surface area (Å²) in [5.74, 6) is -1.92. The fourth-order valence-electron chi connectivity index (χ4n) is 2.93. The van der Waals surface area contributed by atoms with Crippen molar-refractivity contribution < 1.29 is 33.8 Å². The summed E-state index contributed by atoms with van der Waals surface area (Å²) in [7, 11) is 1.38. The van der Waals surface area contributed by atoms with Crippen LogP contribution in [-0.2, 0) is 14.4 Å². The maximum Gasteiger partial charge on any atom is 0.341 e. The molecule has 0 bridgehead atoms. The van der Waals surface area contributed by atoms with Crippen molar-refractivity contribution in [1.82, 2.24) is 10.2 Å². The van der Waals surface area contributed by atoms with Crippen molar-refractivity contribution in [3.8, 4) is 11.5 Å². The molecule has 11 heteroatoms. The van der Waals surface area contributed by atoms with Crippen molar-refractivity contribution in [1.29, 1.82) is 0 Å². The summed E-state index contributed by atoms with van der Waals surface area (Å²) in [5, 5.41) is 13.9. The van der Waals surface area contributed by atoms with Crippen LogP contribution in [0.4, 0.5) is 10.5 Å². The third kappa shape index (κ3) is 5.89. The number of amides is 4. The number of aliphatic carboxylic acids is 1. The Morgan fingerprint density at radius 2 is 1.88 bits per heavy atom. The molecule has 1 aliphatic rings. The molecule has 0 atom stereocenters. The van der Waals surface area contributed by atoms with Crippen LogP contribution in [0.15, 0.2) is 46.6 Å². The number of halogens is 1. The van der Waals surface area contributed by atoms with Crippen molar-refractivity contribution in [3.63, 3.8) is 0 Å². The van der Waals surface area contributed by atoms with E-state index in [0.29, 0.717) is 15.7 Å².